The topological polar surface area (TPSA) is 116 Å². The van der Waals surface area contributed by atoms with Crippen LogP contribution in [0, 0.1) is 11.8 Å². The van der Waals surface area contributed by atoms with Gasteiger partial charge in [-0.3, -0.25) is 29.1 Å². The Labute approximate surface area is 185 Å². The van der Waals surface area contributed by atoms with Crippen LogP contribution in [0.5, 0.6) is 0 Å². The molecule has 2 amide bonds. The second-order valence-electron chi connectivity index (χ2n) is 8.64. The van der Waals surface area contributed by atoms with Gasteiger partial charge in [-0.15, -0.1) is 0 Å². The van der Waals surface area contributed by atoms with Crippen LogP contribution >= 0.6 is 0 Å². The van der Waals surface area contributed by atoms with Gasteiger partial charge in [-0.2, -0.15) is 5.10 Å². The first-order chi connectivity index (χ1) is 15.6. The van der Waals surface area contributed by atoms with E-state index >= 15 is 0 Å². The van der Waals surface area contributed by atoms with Gasteiger partial charge in [-0.25, -0.2) is 5.06 Å². The van der Waals surface area contributed by atoms with Gasteiger partial charge < -0.3 is 5.73 Å². The molecule has 0 unspecified atom stereocenters. The molecule has 2 N–H and O–H groups in total. The van der Waals surface area contributed by atoms with Crippen molar-refractivity contribution in [2.24, 2.45) is 17.6 Å². The molecule has 1 atom stereocenters. The van der Waals surface area contributed by atoms with E-state index in [1.807, 2.05) is 16.9 Å². The lowest BCUT2D eigenvalue weighted by atomic mass is 9.81. The molecule has 9 nitrogen and oxygen atoms in total. The fourth-order valence-corrected chi connectivity index (χ4v) is 4.79. The molecule has 1 saturated carbocycles. The lowest BCUT2D eigenvalue weighted by Crippen LogP contribution is -2.37. The van der Waals surface area contributed by atoms with Crippen LogP contribution in [0.1, 0.15) is 54.2 Å². The van der Waals surface area contributed by atoms with Gasteiger partial charge >= 0.3 is 0 Å². The molecule has 1 aromatic carbocycles. The first kappa shape index (κ1) is 20.6. The van der Waals surface area contributed by atoms with E-state index in [9.17, 15) is 9.59 Å². The van der Waals surface area contributed by atoms with Gasteiger partial charge in [0, 0.05) is 48.4 Å². The van der Waals surface area contributed by atoms with Crippen LogP contribution < -0.4 is 5.73 Å². The maximum absolute atomic E-state index is 13.2. The number of hydrogen-bond acceptors (Lipinski definition) is 6. The number of hydrogen-bond donors (Lipinski definition) is 1. The molecule has 166 valence electrons. The summed E-state index contributed by atoms with van der Waals surface area (Å²) in [6.07, 6.45) is 11.3. The predicted octanol–water partition coefficient (Wildman–Crippen LogP) is 2.64. The highest BCUT2D eigenvalue weighted by Gasteiger charge is 2.38. The number of benzene rings is 1. The number of nitrogens with zero attached hydrogens (tertiary/aromatic N) is 5. The van der Waals surface area contributed by atoms with E-state index < -0.39 is 5.91 Å². The number of aromatic nitrogens is 4. The van der Waals surface area contributed by atoms with Gasteiger partial charge in [0.2, 0.25) is 11.8 Å². The second-order valence-corrected chi connectivity index (χ2v) is 8.64. The van der Waals surface area contributed by atoms with Crippen LogP contribution in [-0.4, -0.2) is 43.2 Å². The van der Waals surface area contributed by atoms with E-state index in [1.54, 1.807) is 30.7 Å². The highest BCUT2D eigenvalue weighted by molar-refractivity contribution is 5.96. The molecule has 2 aliphatic rings. The number of nitrogens with two attached hydrogens (primary N) is 1. The van der Waals surface area contributed by atoms with Crippen LogP contribution in [0.15, 0.2) is 43.0 Å². The van der Waals surface area contributed by atoms with Gasteiger partial charge in [-0.1, -0.05) is 6.07 Å². The highest BCUT2D eigenvalue weighted by Crippen LogP contribution is 2.36. The molecule has 1 aliphatic carbocycles. The Morgan fingerprint density at radius 1 is 1.12 bits per heavy atom. The first-order valence-corrected chi connectivity index (χ1v) is 11.1. The summed E-state index contributed by atoms with van der Waals surface area (Å²) in [6, 6.07) is 5.17. The van der Waals surface area contributed by atoms with Crippen molar-refractivity contribution in [1.29, 1.82) is 0 Å². The molecule has 0 radical (unpaired) electrons. The van der Waals surface area contributed by atoms with Crippen LogP contribution in [-0.2, 0) is 16.2 Å². The van der Waals surface area contributed by atoms with Crippen molar-refractivity contribution in [3.8, 4) is 0 Å². The molecule has 9 heteroatoms. The molecular formula is C23H26N6O3. The summed E-state index contributed by atoms with van der Waals surface area (Å²) in [7, 11) is 0. The number of fused-ring (bicyclic) bond motifs is 1. The summed E-state index contributed by atoms with van der Waals surface area (Å²) < 4.78 is 1.94. The van der Waals surface area contributed by atoms with Gasteiger partial charge in [0.25, 0.3) is 0 Å². The summed E-state index contributed by atoms with van der Waals surface area (Å²) in [6.45, 7) is 1.32. The summed E-state index contributed by atoms with van der Waals surface area (Å²) in [4.78, 5) is 38.7. The normalized spacial score (nSPS) is 23.5. The van der Waals surface area contributed by atoms with Crippen molar-refractivity contribution in [3.05, 3.63) is 54.2 Å². The maximum Gasteiger partial charge on any atom is 0.249 e. The van der Waals surface area contributed by atoms with E-state index in [4.69, 9.17) is 10.6 Å². The van der Waals surface area contributed by atoms with E-state index in [2.05, 4.69) is 15.1 Å². The van der Waals surface area contributed by atoms with E-state index in [1.165, 1.54) is 5.06 Å². The minimum Gasteiger partial charge on any atom is -0.366 e. The number of carbonyl (C=O) groups is 2. The van der Waals surface area contributed by atoms with Gasteiger partial charge in [0.05, 0.1) is 24.0 Å². The standard InChI is InChI=1S/C23H26N6O3/c24-22(30)17-5-6-18-14-28(27-19(18)11-17)13-15-1-3-16(4-2-15)23(31)29-21(7-10-32-29)20-12-25-8-9-26-20/h5-6,8-9,11-12,14-16,21H,1-4,7,10,13H2,(H2,24,30)/t15-,16-,21-/m0/s1. The molecule has 5 rings (SSSR count). The van der Waals surface area contributed by atoms with Gasteiger partial charge in [-0.05, 0) is 43.7 Å². The number of amides is 2. The molecule has 2 fully saturated rings. The molecule has 0 bridgehead atoms. The maximum atomic E-state index is 13.2. The van der Waals surface area contributed by atoms with Crippen molar-refractivity contribution in [1.82, 2.24) is 24.8 Å². The SMILES string of the molecule is NC(=O)c1ccc2cn(C[C@H]3CC[C@H](C(=O)N4OCC[C@H]4c4cnccn4)CC3)nc2c1. The van der Waals surface area contributed by atoms with Crippen LogP contribution in [0.3, 0.4) is 0 Å². The Morgan fingerprint density at radius 2 is 1.97 bits per heavy atom. The predicted molar refractivity (Wildman–Crippen MR) is 116 cm³/mol. The third-order valence-electron chi connectivity index (χ3n) is 6.53. The monoisotopic (exact) mass is 434 g/mol. The zero-order valence-corrected chi connectivity index (χ0v) is 17.8. The third kappa shape index (κ3) is 4.08. The van der Waals surface area contributed by atoms with Crippen molar-refractivity contribution in [3.63, 3.8) is 0 Å². The smallest absolute Gasteiger partial charge is 0.249 e. The number of rotatable bonds is 5. The van der Waals surface area contributed by atoms with Crippen LogP contribution in [0.4, 0.5) is 0 Å². The van der Waals surface area contributed by atoms with Crippen LogP contribution in [0.25, 0.3) is 10.9 Å². The molecular weight excluding hydrogens is 408 g/mol. The molecule has 3 aromatic rings. The Bertz CT molecular complexity index is 1120. The van der Waals surface area contributed by atoms with Crippen LogP contribution in [0.2, 0.25) is 0 Å². The Morgan fingerprint density at radius 3 is 2.72 bits per heavy atom. The van der Waals surface area contributed by atoms with Gasteiger partial charge in [0.1, 0.15) is 6.04 Å². The fraction of sp³-hybridized carbons (Fsp3) is 0.435. The lowest BCUT2D eigenvalue weighted by molar-refractivity contribution is -0.183. The molecule has 1 aliphatic heterocycles. The second kappa shape index (κ2) is 8.66. The van der Waals surface area contributed by atoms with Crippen molar-refractivity contribution in [2.75, 3.05) is 6.61 Å². The zero-order valence-electron chi connectivity index (χ0n) is 17.8. The lowest BCUT2D eigenvalue weighted by Gasteiger charge is -2.31. The highest BCUT2D eigenvalue weighted by atomic mass is 16.7. The molecule has 2 aromatic heterocycles. The zero-order chi connectivity index (χ0) is 22.1. The quantitative estimate of drug-likeness (QED) is 0.660. The first-order valence-electron chi connectivity index (χ1n) is 11.1. The Hall–Kier alpha value is -3.33. The van der Waals surface area contributed by atoms with Gasteiger partial charge in [0.15, 0.2) is 0 Å². The average Bonchev–Trinajstić information content (AvgIpc) is 3.46. The van der Waals surface area contributed by atoms with Crippen molar-refractivity contribution in [2.45, 2.75) is 44.7 Å². The molecule has 3 heterocycles. The number of carbonyl (C=O) groups excluding carboxylic acids is 2. The molecule has 1 saturated heterocycles. The summed E-state index contributed by atoms with van der Waals surface area (Å²) in [5.41, 5.74) is 7.37. The minimum absolute atomic E-state index is 0.0293. The van der Waals surface area contributed by atoms with Crippen molar-refractivity contribution >= 4 is 22.7 Å². The summed E-state index contributed by atoms with van der Waals surface area (Å²) >= 11 is 0. The average molecular weight is 435 g/mol. The van der Waals surface area contributed by atoms with E-state index in [0.29, 0.717) is 18.1 Å². The Balaban J connectivity index is 1.19. The van der Waals surface area contributed by atoms with E-state index in [-0.39, 0.29) is 17.9 Å². The third-order valence-corrected chi connectivity index (χ3v) is 6.53. The molecule has 32 heavy (non-hydrogen) atoms. The molecule has 0 spiro atoms. The number of hydroxylamine groups is 2. The minimum atomic E-state index is -0.451. The van der Waals surface area contributed by atoms with Crippen molar-refractivity contribution < 1.29 is 14.4 Å². The van der Waals surface area contributed by atoms with E-state index in [0.717, 1.165) is 55.2 Å². The Kier molecular flexibility index (Phi) is 5.57. The number of primary amides is 1. The largest absolute Gasteiger partial charge is 0.366 e. The summed E-state index contributed by atoms with van der Waals surface area (Å²) in [5, 5.41) is 7.13. The fourth-order valence-electron chi connectivity index (χ4n) is 4.79. The summed E-state index contributed by atoms with van der Waals surface area (Å²) in [5.74, 6) is 0.0333.